The number of methoxy groups -OCH3 is 1. The summed E-state index contributed by atoms with van der Waals surface area (Å²) in [6.45, 7) is 4.90. The molecule has 0 bridgehead atoms. The molecule has 2 aromatic carbocycles. The van der Waals surface area contributed by atoms with Gasteiger partial charge in [0.2, 0.25) is 11.8 Å². The third kappa shape index (κ3) is 6.41. The van der Waals surface area contributed by atoms with Crippen LogP contribution in [0.1, 0.15) is 37.8 Å². The second-order valence-corrected chi connectivity index (χ2v) is 6.85. The third-order valence-electron chi connectivity index (χ3n) is 4.71. The van der Waals surface area contributed by atoms with Gasteiger partial charge in [0.1, 0.15) is 11.8 Å². The summed E-state index contributed by atoms with van der Waals surface area (Å²) in [6, 6.07) is 16.6. The van der Waals surface area contributed by atoms with Crippen molar-refractivity contribution in [2.24, 2.45) is 0 Å². The monoisotopic (exact) mass is 382 g/mol. The topological polar surface area (TPSA) is 58.6 Å². The molecule has 0 radical (unpaired) electrons. The van der Waals surface area contributed by atoms with Crippen LogP contribution in [0.3, 0.4) is 0 Å². The number of carbonyl (C=O) groups is 2. The zero-order chi connectivity index (χ0) is 20.4. The number of hydrogen-bond acceptors (Lipinski definition) is 3. The molecular formula is C23H30N2O3. The number of carbonyl (C=O) groups excluding carboxylic acids is 2. The number of unbranched alkanes of at least 4 members (excludes halogenated alkanes) is 1. The highest BCUT2D eigenvalue weighted by molar-refractivity contribution is 5.88. The molecule has 5 nitrogen and oxygen atoms in total. The smallest absolute Gasteiger partial charge is 0.242 e. The predicted molar refractivity (Wildman–Crippen MR) is 111 cm³/mol. The molecule has 1 atom stereocenters. The van der Waals surface area contributed by atoms with Gasteiger partial charge in [-0.05, 0) is 36.6 Å². The van der Waals surface area contributed by atoms with Crippen molar-refractivity contribution in [1.82, 2.24) is 10.2 Å². The Hall–Kier alpha value is -2.82. The minimum atomic E-state index is -0.539. The number of nitrogens with zero attached hydrogens (tertiary/aromatic N) is 1. The molecule has 0 saturated carbocycles. The molecule has 5 heteroatoms. The molecule has 0 unspecified atom stereocenters. The van der Waals surface area contributed by atoms with Crippen molar-refractivity contribution < 1.29 is 14.3 Å². The van der Waals surface area contributed by atoms with Gasteiger partial charge in [-0.1, -0.05) is 55.8 Å². The van der Waals surface area contributed by atoms with Gasteiger partial charge in [0.05, 0.1) is 13.5 Å². The first-order valence-corrected chi connectivity index (χ1v) is 9.79. The lowest BCUT2D eigenvalue weighted by Crippen LogP contribution is -2.48. The van der Waals surface area contributed by atoms with Gasteiger partial charge in [-0.15, -0.1) is 0 Å². The lowest BCUT2D eigenvalue weighted by molar-refractivity contribution is -0.140. The molecule has 0 aromatic heterocycles. The maximum absolute atomic E-state index is 13.1. The van der Waals surface area contributed by atoms with Gasteiger partial charge in [0.15, 0.2) is 0 Å². The Morgan fingerprint density at radius 3 is 2.32 bits per heavy atom. The van der Waals surface area contributed by atoms with Gasteiger partial charge in [-0.3, -0.25) is 9.59 Å². The van der Waals surface area contributed by atoms with Crippen molar-refractivity contribution in [2.45, 2.75) is 45.7 Å². The molecule has 2 amide bonds. The first-order valence-electron chi connectivity index (χ1n) is 9.79. The van der Waals surface area contributed by atoms with Crippen LogP contribution in [0.15, 0.2) is 54.6 Å². The average molecular weight is 383 g/mol. The van der Waals surface area contributed by atoms with Crippen molar-refractivity contribution in [3.05, 3.63) is 65.7 Å². The molecule has 0 aliphatic heterocycles. The van der Waals surface area contributed by atoms with Crippen LogP contribution in [0.4, 0.5) is 0 Å². The summed E-state index contributed by atoms with van der Waals surface area (Å²) in [6.07, 6.45) is 2.18. The molecule has 0 saturated heterocycles. The van der Waals surface area contributed by atoms with Crippen LogP contribution in [0.2, 0.25) is 0 Å². The molecular weight excluding hydrogens is 352 g/mol. The maximum atomic E-state index is 13.1. The summed E-state index contributed by atoms with van der Waals surface area (Å²) < 4.78 is 5.17. The van der Waals surface area contributed by atoms with E-state index in [1.54, 1.807) is 18.9 Å². The van der Waals surface area contributed by atoms with Crippen LogP contribution in [0.25, 0.3) is 0 Å². The number of nitrogens with one attached hydrogen (secondary N) is 1. The van der Waals surface area contributed by atoms with Gasteiger partial charge in [0, 0.05) is 13.1 Å². The van der Waals surface area contributed by atoms with E-state index in [0.29, 0.717) is 13.1 Å². The van der Waals surface area contributed by atoms with Crippen molar-refractivity contribution in [3.8, 4) is 5.75 Å². The van der Waals surface area contributed by atoms with E-state index < -0.39 is 6.04 Å². The number of benzene rings is 2. The zero-order valence-electron chi connectivity index (χ0n) is 17.0. The van der Waals surface area contributed by atoms with Crippen LogP contribution >= 0.6 is 0 Å². The fourth-order valence-corrected chi connectivity index (χ4v) is 2.92. The van der Waals surface area contributed by atoms with Gasteiger partial charge < -0.3 is 15.0 Å². The van der Waals surface area contributed by atoms with Crippen LogP contribution in [-0.4, -0.2) is 36.4 Å². The van der Waals surface area contributed by atoms with Gasteiger partial charge in [0.25, 0.3) is 0 Å². The largest absolute Gasteiger partial charge is 0.497 e. The number of rotatable bonds is 10. The fourth-order valence-electron chi connectivity index (χ4n) is 2.92. The normalized spacial score (nSPS) is 11.5. The van der Waals surface area contributed by atoms with Crippen LogP contribution in [-0.2, 0) is 22.6 Å². The van der Waals surface area contributed by atoms with E-state index in [9.17, 15) is 9.59 Å². The van der Waals surface area contributed by atoms with Gasteiger partial charge in [-0.25, -0.2) is 0 Å². The van der Waals surface area contributed by atoms with E-state index in [-0.39, 0.29) is 18.2 Å². The summed E-state index contributed by atoms with van der Waals surface area (Å²) in [5.41, 5.74) is 1.89. The van der Waals surface area contributed by atoms with Crippen LogP contribution < -0.4 is 10.1 Å². The van der Waals surface area contributed by atoms with Crippen molar-refractivity contribution in [1.29, 1.82) is 0 Å². The van der Waals surface area contributed by atoms with E-state index in [2.05, 4.69) is 12.2 Å². The summed E-state index contributed by atoms with van der Waals surface area (Å²) in [7, 11) is 1.61. The highest BCUT2D eigenvalue weighted by Crippen LogP contribution is 2.15. The second kappa shape index (κ2) is 11.1. The van der Waals surface area contributed by atoms with E-state index in [1.807, 2.05) is 54.6 Å². The molecule has 0 spiro atoms. The summed E-state index contributed by atoms with van der Waals surface area (Å²) in [5.74, 6) is 0.556. The standard InChI is InChI=1S/C23H30N2O3/c1-4-5-15-24-23(27)18(2)25(17-20-9-7-6-8-10-20)22(26)16-19-11-13-21(28-3)14-12-19/h6-14,18H,4-5,15-17H2,1-3H3,(H,24,27)/t18-/m1/s1. The Balaban J connectivity index is 2.13. The third-order valence-corrected chi connectivity index (χ3v) is 4.71. The molecule has 0 fully saturated rings. The van der Waals surface area contributed by atoms with Gasteiger partial charge in [-0.2, -0.15) is 0 Å². The highest BCUT2D eigenvalue weighted by atomic mass is 16.5. The van der Waals surface area contributed by atoms with E-state index >= 15 is 0 Å². The van der Waals surface area contributed by atoms with Crippen molar-refractivity contribution >= 4 is 11.8 Å². The first kappa shape index (κ1) is 21.5. The Bertz CT molecular complexity index is 744. The summed E-state index contributed by atoms with van der Waals surface area (Å²) in [5, 5.41) is 2.93. The zero-order valence-corrected chi connectivity index (χ0v) is 17.0. The quantitative estimate of drug-likeness (QED) is 0.639. The minimum absolute atomic E-state index is 0.0767. The molecule has 2 rings (SSSR count). The predicted octanol–water partition coefficient (Wildman–Crippen LogP) is 3.57. The Labute approximate surface area is 167 Å². The van der Waals surface area contributed by atoms with Crippen LogP contribution in [0.5, 0.6) is 5.75 Å². The molecule has 0 heterocycles. The Morgan fingerprint density at radius 1 is 1.04 bits per heavy atom. The second-order valence-electron chi connectivity index (χ2n) is 6.85. The summed E-state index contributed by atoms with van der Waals surface area (Å²) in [4.78, 5) is 27.3. The van der Waals surface area contributed by atoms with Gasteiger partial charge >= 0.3 is 0 Å². The van der Waals surface area contributed by atoms with E-state index in [0.717, 1.165) is 29.7 Å². The lowest BCUT2D eigenvalue weighted by Gasteiger charge is -2.29. The van der Waals surface area contributed by atoms with Crippen molar-refractivity contribution in [3.63, 3.8) is 0 Å². The molecule has 150 valence electrons. The molecule has 2 aromatic rings. The Kier molecular flexibility index (Phi) is 8.53. The summed E-state index contributed by atoms with van der Waals surface area (Å²) >= 11 is 0. The number of ether oxygens (including phenoxy) is 1. The maximum Gasteiger partial charge on any atom is 0.242 e. The highest BCUT2D eigenvalue weighted by Gasteiger charge is 2.26. The molecule has 0 aliphatic rings. The first-order chi connectivity index (χ1) is 13.5. The van der Waals surface area contributed by atoms with E-state index in [4.69, 9.17) is 4.74 Å². The number of hydrogen-bond donors (Lipinski definition) is 1. The fraction of sp³-hybridized carbons (Fsp3) is 0.391. The van der Waals surface area contributed by atoms with Crippen molar-refractivity contribution in [2.75, 3.05) is 13.7 Å². The average Bonchev–Trinajstić information content (AvgIpc) is 2.72. The Morgan fingerprint density at radius 2 is 1.71 bits per heavy atom. The minimum Gasteiger partial charge on any atom is -0.497 e. The van der Waals surface area contributed by atoms with E-state index in [1.165, 1.54) is 0 Å². The lowest BCUT2D eigenvalue weighted by atomic mass is 10.1. The number of amides is 2. The molecule has 28 heavy (non-hydrogen) atoms. The molecule has 1 N–H and O–H groups in total. The van der Waals surface area contributed by atoms with Crippen LogP contribution in [0, 0.1) is 0 Å². The molecule has 0 aliphatic carbocycles. The SMILES string of the molecule is CCCCNC(=O)[C@@H](C)N(Cc1ccccc1)C(=O)Cc1ccc(OC)cc1.